The maximum absolute atomic E-state index is 11.5. The van der Waals surface area contributed by atoms with E-state index in [9.17, 15) is 4.79 Å². The fraction of sp³-hybridized carbons (Fsp3) is 0.714. The highest BCUT2D eigenvalue weighted by Crippen LogP contribution is 2.28. The van der Waals surface area contributed by atoms with Gasteiger partial charge in [-0.1, -0.05) is 13.3 Å². The van der Waals surface area contributed by atoms with Gasteiger partial charge in [-0.05, 0) is 33.1 Å². The topological polar surface area (TPSA) is 46.9 Å². The number of carbonyl (C=O) groups is 1. The highest BCUT2D eigenvalue weighted by Gasteiger charge is 2.25. The molecule has 4 heteroatoms. The van der Waals surface area contributed by atoms with Gasteiger partial charge in [0.2, 0.25) is 5.91 Å². The van der Waals surface area contributed by atoms with Crippen LogP contribution in [0.25, 0.3) is 0 Å². The molecule has 2 rings (SSSR count). The third-order valence-corrected chi connectivity index (χ3v) is 3.74. The number of unbranched alkanes of at least 4 members (excludes halogenated alkanes) is 1. The first-order chi connectivity index (χ1) is 8.63. The molecule has 0 saturated carbocycles. The monoisotopic (exact) mass is 249 g/mol. The van der Waals surface area contributed by atoms with Crippen LogP contribution >= 0.6 is 0 Å². The number of hydrogen-bond donors (Lipinski definition) is 1. The molecule has 1 aromatic rings. The maximum Gasteiger partial charge on any atom is 0.220 e. The van der Waals surface area contributed by atoms with Crippen LogP contribution in [-0.4, -0.2) is 15.7 Å². The molecule has 0 radical (unpaired) electrons. The first-order valence-corrected chi connectivity index (χ1v) is 6.96. The van der Waals surface area contributed by atoms with Gasteiger partial charge in [-0.25, -0.2) is 0 Å². The highest BCUT2D eigenvalue weighted by atomic mass is 16.1. The minimum atomic E-state index is 0.168. The Morgan fingerprint density at radius 2 is 2.22 bits per heavy atom. The number of rotatable bonds is 4. The Kier molecular flexibility index (Phi) is 4.04. The van der Waals surface area contributed by atoms with E-state index < -0.39 is 0 Å². The van der Waals surface area contributed by atoms with Gasteiger partial charge in [0, 0.05) is 24.2 Å². The van der Waals surface area contributed by atoms with Crippen molar-refractivity contribution in [2.75, 3.05) is 0 Å². The maximum atomic E-state index is 11.5. The van der Waals surface area contributed by atoms with Crippen molar-refractivity contribution in [2.45, 2.75) is 65.5 Å². The molecule has 1 amide bonds. The van der Waals surface area contributed by atoms with Gasteiger partial charge in [-0.3, -0.25) is 9.48 Å². The van der Waals surface area contributed by atoms with E-state index in [1.165, 1.54) is 17.7 Å². The summed E-state index contributed by atoms with van der Waals surface area (Å²) in [5, 5.41) is 7.70. The van der Waals surface area contributed by atoms with Crippen molar-refractivity contribution >= 4 is 5.91 Å². The van der Waals surface area contributed by atoms with E-state index in [-0.39, 0.29) is 11.9 Å². The molecule has 18 heavy (non-hydrogen) atoms. The lowest BCUT2D eigenvalue weighted by Gasteiger charge is -2.23. The summed E-state index contributed by atoms with van der Waals surface area (Å²) >= 11 is 0. The molecule has 4 nitrogen and oxygen atoms in total. The largest absolute Gasteiger partial charge is 0.349 e. The smallest absolute Gasteiger partial charge is 0.220 e. The standard InChI is InChI=1S/C14H23N3O/c1-4-5-9-17-11(3)14(10(2)16-17)12-7-6-8-13(18)15-12/h12H,4-9H2,1-3H3,(H,15,18). The number of amides is 1. The summed E-state index contributed by atoms with van der Waals surface area (Å²) in [4.78, 5) is 11.5. The van der Waals surface area contributed by atoms with Crippen LogP contribution < -0.4 is 5.32 Å². The minimum Gasteiger partial charge on any atom is -0.349 e. The Balaban J connectivity index is 2.21. The van der Waals surface area contributed by atoms with Crippen LogP contribution in [0, 0.1) is 13.8 Å². The summed E-state index contributed by atoms with van der Waals surface area (Å²) in [6.07, 6.45) is 5.01. The first-order valence-electron chi connectivity index (χ1n) is 6.96. The summed E-state index contributed by atoms with van der Waals surface area (Å²) in [6, 6.07) is 0.168. The average molecular weight is 249 g/mol. The third-order valence-electron chi connectivity index (χ3n) is 3.74. The van der Waals surface area contributed by atoms with Crippen molar-refractivity contribution in [3.63, 3.8) is 0 Å². The summed E-state index contributed by atoms with van der Waals surface area (Å²) in [7, 11) is 0. The van der Waals surface area contributed by atoms with Crippen molar-refractivity contribution in [3.05, 3.63) is 17.0 Å². The summed E-state index contributed by atoms with van der Waals surface area (Å²) < 4.78 is 2.09. The lowest BCUT2D eigenvalue weighted by atomic mass is 9.96. The van der Waals surface area contributed by atoms with Crippen LogP contribution in [0.5, 0.6) is 0 Å². The van der Waals surface area contributed by atoms with Crippen LogP contribution in [0.3, 0.4) is 0 Å². The summed E-state index contributed by atoms with van der Waals surface area (Å²) in [5.74, 6) is 0.173. The molecule has 0 bridgehead atoms. The second-order valence-electron chi connectivity index (χ2n) is 5.17. The van der Waals surface area contributed by atoms with Crippen molar-refractivity contribution in [2.24, 2.45) is 0 Å². The number of nitrogens with one attached hydrogen (secondary N) is 1. The molecule has 1 saturated heterocycles. The lowest BCUT2D eigenvalue weighted by Crippen LogP contribution is -2.33. The molecule has 1 aliphatic heterocycles. The van der Waals surface area contributed by atoms with Gasteiger partial charge in [-0.15, -0.1) is 0 Å². The Bertz CT molecular complexity index is 436. The molecular weight excluding hydrogens is 226 g/mol. The molecule has 2 heterocycles. The molecule has 0 aromatic carbocycles. The van der Waals surface area contributed by atoms with Gasteiger partial charge >= 0.3 is 0 Å². The zero-order chi connectivity index (χ0) is 13.1. The van der Waals surface area contributed by atoms with Crippen LogP contribution in [0.1, 0.15) is 62.0 Å². The van der Waals surface area contributed by atoms with Crippen molar-refractivity contribution in [1.29, 1.82) is 0 Å². The Hall–Kier alpha value is -1.32. The summed E-state index contributed by atoms with van der Waals surface area (Å²) in [5.41, 5.74) is 3.52. The molecule has 1 fully saturated rings. The predicted octanol–water partition coefficient (Wildman–Crippen LogP) is 2.64. The first kappa shape index (κ1) is 13.1. The van der Waals surface area contributed by atoms with Crippen LogP contribution in [0.2, 0.25) is 0 Å². The highest BCUT2D eigenvalue weighted by molar-refractivity contribution is 5.77. The molecule has 1 N–H and O–H groups in total. The zero-order valence-corrected chi connectivity index (χ0v) is 11.6. The van der Waals surface area contributed by atoms with Gasteiger partial charge in [0.15, 0.2) is 0 Å². The molecule has 100 valence electrons. The van der Waals surface area contributed by atoms with Crippen molar-refractivity contribution in [3.8, 4) is 0 Å². The van der Waals surface area contributed by atoms with Gasteiger partial charge < -0.3 is 5.32 Å². The average Bonchev–Trinajstić information content (AvgIpc) is 2.62. The van der Waals surface area contributed by atoms with E-state index in [0.29, 0.717) is 6.42 Å². The third kappa shape index (κ3) is 2.57. The van der Waals surface area contributed by atoms with Crippen molar-refractivity contribution < 1.29 is 4.79 Å². The van der Waals surface area contributed by atoms with Crippen molar-refractivity contribution in [1.82, 2.24) is 15.1 Å². The zero-order valence-electron chi connectivity index (χ0n) is 11.6. The second kappa shape index (κ2) is 5.55. The number of aromatic nitrogens is 2. The van der Waals surface area contributed by atoms with E-state index in [4.69, 9.17) is 0 Å². The Morgan fingerprint density at radius 1 is 1.44 bits per heavy atom. The minimum absolute atomic E-state index is 0.168. The number of hydrogen-bond acceptors (Lipinski definition) is 2. The molecular formula is C14H23N3O. The molecule has 1 atom stereocenters. The van der Waals surface area contributed by atoms with E-state index in [0.717, 1.165) is 31.5 Å². The Morgan fingerprint density at radius 3 is 2.89 bits per heavy atom. The van der Waals surface area contributed by atoms with E-state index in [2.05, 4.69) is 28.9 Å². The molecule has 0 aliphatic carbocycles. The second-order valence-corrected chi connectivity index (χ2v) is 5.17. The predicted molar refractivity (Wildman–Crippen MR) is 71.3 cm³/mol. The molecule has 0 spiro atoms. The van der Waals surface area contributed by atoms with Gasteiger partial charge in [-0.2, -0.15) is 5.10 Å². The fourth-order valence-corrected chi connectivity index (χ4v) is 2.76. The number of piperidine rings is 1. The number of nitrogens with zero attached hydrogens (tertiary/aromatic N) is 2. The van der Waals surface area contributed by atoms with Crippen LogP contribution in [0.15, 0.2) is 0 Å². The number of aryl methyl sites for hydroxylation is 2. The Labute approximate surface area is 109 Å². The number of carbonyl (C=O) groups excluding carboxylic acids is 1. The summed E-state index contributed by atoms with van der Waals surface area (Å²) in [6.45, 7) is 7.33. The van der Waals surface area contributed by atoms with E-state index >= 15 is 0 Å². The van der Waals surface area contributed by atoms with Crippen LogP contribution in [-0.2, 0) is 11.3 Å². The molecule has 1 aliphatic rings. The van der Waals surface area contributed by atoms with Crippen LogP contribution in [0.4, 0.5) is 0 Å². The fourth-order valence-electron chi connectivity index (χ4n) is 2.76. The SMILES string of the molecule is CCCCn1nc(C)c(C2CCCC(=O)N2)c1C. The normalized spacial score (nSPS) is 19.9. The van der Waals surface area contributed by atoms with Gasteiger partial charge in [0.1, 0.15) is 0 Å². The molecule has 1 aromatic heterocycles. The van der Waals surface area contributed by atoms with Gasteiger partial charge in [0.25, 0.3) is 0 Å². The van der Waals surface area contributed by atoms with E-state index in [1.54, 1.807) is 0 Å². The van der Waals surface area contributed by atoms with E-state index in [1.807, 2.05) is 6.92 Å². The lowest BCUT2D eigenvalue weighted by molar-refractivity contribution is -0.123. The quantitative estimate of drug-likeness (QED) is 0.891. The van der Waals surface area contributed by atoms with Gasteiger partial charge in [0.05, 0.1) is 11.7 Å². The molecule has 1 unspecified atom stereocenters.